The predicted molar refractivity (Wildman–Crippen MR) is 104 cm³/mol. The molecule has 1 heterocycles. The number of benzene rings is 2. The molecule has 1 aliphatic heterocycles. The molecular formula is C20H22F2N2O2S. The summed E-state index contributed by atoms with van der Waals surface area (Å²) in [7, 11) is -2.78. The maximum Gasteiger partial charge on any atom is 0.258 e. The van der Waals surface area contributed by atoms with Crippen molar-refractivity contribution < 1.29 is 17.8 Å². The summed E-state index contributed by atoms with van der Waals surface area (Å²) < 4.78 is 42.6. The van der Waals surface area contributed by atoms with Gasteiger partial charge in [-0.05, 0) is 67.6 Å². The van der Waals surface area contributed by atoms with Gasteiger partial charge in [-0.25, -0.2) is 17.3 Å². The Labute approximate surface area is 158 Å². The normalized spacial score (nSPS) is 17.3. The number of hydrogen-bond acceptors (Lipinski definition) is 2. The summed E-state index contributed by atoms with van der Waals surface area (Å²) in [5.41, 5.74) is 0.505. The van der Waals surface area contributed by atoms with Gasteiger partial charge in [0.25, 0.3) is 5.91 Å². The molecule has 2 aromatic carbocycles. The van der Waals surface area contributed by atoms with Crippen molar-refractivity contribution in [3.05, 3.63) is 59.2 Å². The van der Waals surface area contributed by atoms with Crippen LogP contribution in [0, 0.1) is 18.6 Å². The molecule has 1 fully saturated rings. The van der Waals surface area contributed by atoms with Crippen LogP contribution < -0.4 is 5.32 Å². The van der Waals surface area contributed by atoms with Gasteiger partial charge in [0.05, 0.1) is 15.3 Å². The number of aryl methyl sites for hydroxylation is 1. The number of anilines is 1. The summed E-state index contributed by atoms with van der Waals surface area (Å²) in [6, 6.07) is 7.95. The SMILES string of the molecule is C=S(=O)(c1ccc(F)c(C(=O)Nc2ccc(F)c(C)c2)c1)N1CCCCC1. The first-order valence-electron chi connectivity index (χ1n) is 8.78. The minimum absolute atomic E-state index is 0.220. The van der Waals surface area contributed by atoms with Gasteiger partial charge >= 0.3 is 0 Å². The highest BCUT2D eigenvalue weighted by Crippen LogP contribution is 2.23. The van der Waals surface area contributed by atoms with Crippen molar-refractivity contribution >= 4 is 27.2 Å². The number of amides is 1. The third kappa shape index (κ3) is 4.20. The quantitative estimate of drug-likeness (QED) is 0.800. The van der Waals surface area contributed by atoms with E-state index in [-0.39, 0.29) is 11.4 Å². The van der Waals surface area contributed by atoms with E-state index in [4.69, 9.17) is 0 Å². The van der Waals surface area contributed by atoms with Crippen LogP contribution in [0.4, 0.5) is 14.5 Å². The van der Waals surface area contributed by atoms with E-state index in [2.05, 4.69) is 11.2 Å². The highest BCUT2D eigenvalue weighted by molar-refractivity contribution is 7.98. The number of piperidine rings is 1. The minimum Gasteiger partial charge on any atom is -0.322 e. The molecule has 27 heavy (non-hydrogen) atoms. The lowest BCUT2D eigenvalue weighted by Crippen LogP contribution is -2.35. The van der Waals surface area contributed by atoms with Gasteiger partial charge in [-0.3, -0.25) is 4.79 Å². The van der Waals surface area contributed by atoms with Crippen LogP contribution in [-0.2, 0) is 9.71 Å². The molecule has 7 heteroatoms. The highest BCUT2D eigenvalue weighted by Gasteiger charge is 2.23. The van der Waals surface area contributed by atoms with Gasteiger partial charge in [0.1, 0.15) is 11.6 Å². The van der Waals surface area contributed by atoms with Crippen molar-refractivity contribution in [2.75, 3.05) is 18.4 Å². The zero-order chi connectivity index (χ0) is 19.6. The first-order valence-corrected chi connectivity index (χ1v) is 10.5. The van der Waals surface area contributed by atoms with Crippen molar-refractivity contribution in [1.29, 1.82) is 0 Å². The van der Waals surface area contributed by atoms with E-state index in [1.807, 2.05) is 0 Å². The average Bonchev–Trinajstić information content (AvgIpc) is 2.65. The van der Waals surface area contributed by atoms with Crippen LogP contribution in [0.1, 0.15) is 35.2 Å². The number of halogens is 2. The molecule has 4 nitrogen and oxygen atoms in total. The zero-order valence-corrected chi connectivity index (χ0v) is 16.0. The first kappa shape index (κ1) is 19.5. The van der Waals surface area contributed by atoms with Crippen molar-refractivity contribution in [3.8, 4) is 0 Å². The van der Waals surface area contributed by atoms with Gasteiger partial charge in [0, 0.05) is 23.7 Å². The fourth-order valence-electron chi connectivity index (χ4n) is 3.11. The molecule has 2 aromatic rings. The van der Waals surface area contributed by atoms with Crippen LogP contribution in [0.2, 0.25) is 0 Å². The molecule has 0 aliphatic carbocycles. The highest BCUT2D eigenvalue weighted by atomic mass is 32.2. The average molecular weight is 392 g/mol. The summed E-state index contributed by atoms with van der Waals surface area (Å²) in [6.45, 7) is 2.90. The van der Waals surface area contributed by atoms with Crippen molar-refractivity contribution in [2.45, 2.75) is 31.1 Å². The molecule has 1 aliphatic rings. The summed E-state index contributed by atoms with van der Waals surface area (Å²) in [6.07, 6.45) is 2.95. The second kappa shape index (κ2) is 7.78. The third-order valence-electron chi connectivity index (χ3n) is 4.70. The fourth-order valence-corrected chi connectivity index (χ4v) is 4.84. The number of rotatable bonds is 4. The Bertz CT molecular complexity index is 968. The number of nitrogens with zero attached hydrogens (tertiary/aromatic N) is 1. The lowest BCUT2D eigenvalue weighted by molar-refractivity contribution is 0.102. The summed E-state index contributed by atoms with van der Waals surface area (Å²) in [5, 5.41) is 2.55. The van der Waals surface area contributed by atoms with Gasteiger partial charge in [-0.1, -0.05) is 6.42 Å². The maximum absolute atomic E-state index is 14.2. The van der Waals surface area contributed by atoms with Crippen LogP contribution in [0.15, 0.2) is 41.3 Å². The molecule has 0 radical (unpaired) electrons. The first-order chi connectivity index (χ1) is 12.8. The van der Waals surface area contributed by atoms with E-state index in [1.165, 1.54) is 30.3 Å². The summed E-state index contributed by atoms with van der Waals surface area (Å²) >= 11 is 0. The second-order valence-corrected chi connectivity index (χ2v) is 8.96. The van der Waals surface area contributed by atoms with Crippen LogP contribution in [-0.4, -0.2) is 33.4 Å². The van der Waals surface area contributed by atoms with E-state index in [0.717, 1.165) is 25.3 Å². The van der Waals surface area contributed by atoms with Crippen LogP contribution in [0.5, 0.6) is 0 Å². The number of nitrogens with one attached hydrogen (secondary N) is 1. The van der Waals surface area contributed by atoms with Gasteiger partial charge < -0.3 is 5.32 Å². The Morgan fingerprint density at radius 2 is 1.74 bits per heavy atom. The zero-order valence-electron chi connectivity index (χ0n) is 15.1. The Morgan fingerprint density at radius 1 is 1.07 bits per heavy atom. The van der Waals surface area contributed by atoms with Gasteiger partial charge in [0.2, 0.25) is 0 Å². The maximum atomic E-state index is 14.2. The van der Waals surface area contributed by atoms with Gasteiger partial charge in [-0.15, -0.1) is 0 Å². The van der Waals surface area contributed by atoms with Gasteiger partial charge in [0.15, 0.2) is 0 Å². The molecule has 1 unspecified atom stereocenters. The number of carbonyl (C=O) groups is 1. The van der Waals surface area contributed by atoms with E-state index in [1.54, 1.807) is 11.2 Å². The molecule has 3 rings (SSSR count). The van der Waals surface area contributed by atoms with Crippen molar-refractivity contribution in [1.82, 2.24) is 4.31 Å². The molecule has 0 saturated carbocycles. The topological polar surface area (TPSA) is 49.4 Å². The Kier molecular flexibility index (Phi) is 5.62. The monoisotopic (exact) mass is 392 g/mol. The molecule has 1 N–H and O–H groups in total. The molecule has 0 aromatic heterocycles. The largest absolute Gasteiger partial charge is 0.322 e. The van der Waals surface area contributed by atoms with Crippen LogP contribution in [0.3, 0.4) is 0 Å². The Balaban J connectivity index is 1.88. The third-order valence-corrected chi connectivity index (χ3v) is 6.89. The Hall–Kier alpha value is -2.25. The molecule has 144 valence electrons. The molecule has 1 atom stereocenters. The molecule has 0 spiro atoms. The lowest BCUT2D eigenvalue weighted by Gasteiger charge is -2.29. The number of carbonyl (C=O) groups excluding carboxylic acids is 1. The van der Waals surface area contributed by atoms with E-state index in [9.17, 15) is 17.8 Å². The summed E-state index contributed by atoms with van der Waals surface area (Å²) in [4.78, 5) is 12.8. The second-order valence-electron chi connectivity index (χ2n) is 6.69. The molecular weight excluding hydrogens is 370 g/mol. The summed E-state index contributed by atoms with van der Waals surface area (Å²) in [5.74, 6) is 2.06. The molecule has 1 amide bonds. The van der Waals surface area contributed by atoms with Crippen molar-refractivity contribution in [3.63, 3.8) is 0 Å². The smallest absolute Gasteiger partial charge is 0.258 e. The lowest BCUT2D eigenvalue weighted by atomic mass is 10.1. The van der Waals surface area contributed by atoms with Crippen molar-refractivity contribution in [2.24, 2.45) is 0 Å². The van der Waals surface area contributed by atoms with Crippen LogP contribution in [0.25, 0.3) is 0 Å². The Morgan fingerprint density at radius 3 is 2.41 bits per heavy atom. The fraction of sp³-hybridized carbons (Fsp3) is 0.300. The van der Waals surface area contributed by atoms with E-state index < -0.39 is 21.4 Å². The minimum atomic E-state index is -2.78. The number of hydrogen-bond donors (Lipinski definition) is 1. The molecule has 1 saturated heterocycles. The standard InChI is InChI=1S/C20H22F2N2O2S/c1-14-12-15(6-8-18(14)21)23-20(25)17-13-16(7-9-19(17)22)27(2,26)24-10-4-3-5-11-24/h6-9,12-13H,2-5,10-11H2,1H3,(H,23,25). The van der Waals surface area contributed by atoms with E-state index in [0.29, 0.717) is 29.2 Å². The predicted octanol–water partition coefficient (Wildman–Crippen LogP) is 4.00. The molecule has 0 bridgehead atoms. The van der Waals surface area contributed by atoms with Crippen LogP contribution >= 0.6 is 0 Å². The van der Waals surface area contributed by atoms with E-state index >= 15 is 0 Å². The van der Waals surface area contributed by atoms with Gasteiger partial charge in [-0.2, -0.15) is 0 Å².